The van der Waals surface area contributed by atoms with Crippen LogP contribution in [0.1, 0.15) is 46.0 Å². The van der Waals surface area contributed by atoms with E-state index in [1.165, 1.54) is 0 Å². The van der Waals surface area contributed by atoms with Crippen LogP contribution in [0.3, 0.4) is 0 Å². The molecule has 2 N–H and O–H groups in total. The fourth-order valence-electron chi connectivity index (χ4n) is 3.08. The van der Waals surface area contributed by atoms with Gasteiger partial charge in [-0.1, -0.05) is 28.4 Å². The molecule has 5 nitrogen and oxygen atoms in total. The van der Waals surface area contributed by atoms with Gasteiger partial charge in [-0.05, 0) is 51.3 Å². The minimum atomic E-state index is -0.0232. The van der Waals surface area contributed by atoms with Crippen molar-refractivity contribution < 1.29 is 14.3 Å². The second kappa shape index (κ2) is 9.80. The molecule has 2 amide bonds. The highest BCUT2D eigenvalue weighted by Gasteiger charge is 2.28. The summed E-state index contributed by atoms with van der Waals surface area (Å²) in [5.41, 5.74) is 0. The molecule has 0 aliphatic heterocycles. The van der Waals surface area contributed by atoms with Crippen molar-refractivity contribution >= 4 is 27.7 Å². The van der Waals surface area contributed by atoms with E-state index in [1.807, 2.05) is 38.1 Å². The van der Waals surface area contributed by atoms with Gasteiger partial charge in [-0.15, -0.1) is 0 Å². The van der Waals surface area contributed by atoms with E-state index in [-0.39, 0.29) is 29.8 Å². The third-order valence-electron chi connectivity index (χ3n) is 4.23. The lowest BCUT2D eigenvalue weighted by atomic mass is 9.85. The Bertz CT molecular complexity index is 592. The molecule has 1 aromatic rings. The Kier molecular flexibility index (Phi) is 7.75. The fourth-order valence-corrected chi connectivity index (χ4v) is 3.46. The van der Waals surface area contributed by atoms with Crippen LogP contribution in [0.5, 0.6) is 5.75 Å². The van der Waals surface area contributed by atoms with Gasteiger partial charge in [0.05, 0.1) is 13.0 Å². The van der Waals surface area contributed by atoms with Crippen LogP contribution < -0.4 is 15.4 Å². The average Bonchev–Trinajstić information content (AvgIpc) is 2.54. The lowest BCUT2D eigenvalue weighted by molar-refractivity contribution is -0.128. The highest BCUT2D eigenvalue weighted by molar-refractivity contribution is 9.10. The number of carbonyl (C=O) groups excluding carboxylic acids is 2. The van der Waals surface area contributed by atoms with Crippen molar-refractivity contribution in [3.8, 4) is 5.75 Å². The van der Waals surface area contributed by atoms with E-state index in [0.717, 1.165) is 35.9 Å². The van der Waals surface area contributed by atoms with E-state index >= 15 is 0 Å². The number of ether oxygens (including phenoxy) is 1. The van der Waals surface area contributed by atoms with Gasteiger partial charge in [-0.25, -0.2) is 0 Å². The quantitative estimate of drug-likeness (QED) is 0.723. The summed E-state index contributed by atoms with van der Waals surface area (Å²) in [6.45, 7) is 4.27. The first kappa shape index (κ1) is 19.8. The fraction of sp³-hybridized carbons (Fsp3) is 0.579. The van der Waals surface area contributed by atoms with Crippen LogP contribution in [0.25, 0.3) is 0 Å². The number of hydrogen-bond acceptors (Lipinski definition) is 3. The molecule has 0 bridgehead atoms. The molecule has 1 aromatic carbocycles. The summed E-state index contributed by atoms with van der Waals surface area (Å²) in [7, 11) is 0. The van der Waals surface area contributed by atoms with E-state index < -0.39 is 0 Å². The predicted molar refractivity (Wildman–Crippen MR) is 101 cm³/mol. The van der Waals surface area contributed by atoms with Gasteiger partial charge in [0.1, 0.15) is 5.75 Å². The van der Waals surface area contributed by atoms with Crippen LogP contribution in [0.15, 0.2) is 28.7 Å². The smallest absolute Gasteiger partial charge is 0.223 e. The van der Waals surface area contributed by atoms with Gasteiger partial charge in [-0.2, -0.15) is 0 Å². The predicted octanol–water partition coefficient (Wildman–Crippen LogP) is 3.42. The third-order valence-corrected chi connectivity index (χ3v) is 4.73. The van der Waals surface area contributed by atoms with E-state index in [2.05, 4.69) is 26.6 Å². The summed E-state index contributed by atoms with van der Waals surface area (Å²) in [6.07, 6.45) is 3.83. The first-order valence-electron chi connectivity index (χ1n) is 8.92. The molecule has 1 aliphatic rings. The monoisotopic (exact) mass is 410 g/mol. The standard InChI is InChI=1S/C19H27BrN2O3/c1-13(2)21-19(24)14-5-3-7-16(11-14)22-18(23)9-10-25-17-8-4-6-15(20)12-17/h4,6,8,12-14,16H,3,5,7,9-11H2,1-2H3,(H,21,24)(H,22,23). The summed E-state index contributed by atoms with van der Waals surface area (Å²) >= 11 is 3.39. The normalized spacial score (nSPS) is 20.2. The van der Waals surface area contributed by atoms with Gasteiger partial charge in [0.25, 0.3) is 0 Å². The molecule has 2 rings (SSSR count). The number of halogens is 1. The summed E-state index contributed by atoms with van der Waals surface area (Å²) in [4.78, 5) is 24.3. The van der Waals surface area contributed by atoms with Crippen molar-refractivity contribution in [1.82, 2.24) is 10.6 Å². The molecule has 0 saturated heterocycles. The second-order valence-corrected chi connectivity index (χ2v) is 7.76. The SMILES string of the molecule is CC(C)NC(=O)C1CCCC(NC(=O)CCOc2cccc(Br)c2)C1. The van der Waals surface area contributed by atoms with Crippen molar-refractivity contribution in [1.29, 1.82) is 0 Å². The lowest BCUT2D eigenvalue weighted by Crippen LogP contribution is -2.44. The second-order valence-electron chi connectivity index (χ2n) is 6.85. The first-order valence-corrected chi connectivity index (χ1v) is 9.71. The van der Waals surface area contributed by atoms with Crippen molar-refractivity contribution in [2.24, 2.45) is 5.92 Å². The summed E-state index contributed by atoms with van der Waals surface area (Å²) in [6, 6.07) is 7.78. The Balaban J connectivity index is 1.71. The van der Waals surface area contributed by atoms with Gasteiger partial charge in [0.15, 0.2) is 0 Å². The molecule has 138 valence electrons. The van der Waals surface area contributed by atoms with Crippen LogP contribution in [-0.4, -0.2) is 30.5 Å². The molecule has 0 radical (unpaired) electrons. The van der Waals surface area contributed by atoms with Crippen LogP contribution in [0.2, 0.25) is 0 Å². The van der Waals surface area contributed by atoms with Gasteiger partial charge >= 0.3 is 0 Å². The van der Waals surface area contributed by atoms with Gasteiger partial charge in [-0.3, -0.25) is 9.59 Å². The maximum Gasteiger partial charge on any atom is 0.223 e. The van der Waals surface area contributed by atoms with E-state index in [9.17, 15) is 9.59 Å². The van der Waals surface area contributed by atoms with Crippen LogP contribution in [0.4, 0.5) is 0 Å². The summed E-state index contributed by atoms with van der Waals surface area (Å²) in [5.74, 6) is 0.821. The van der Waals surface area contributed by atoms with Crippen molar-refractivity contribution in [3.63, 3.8) is 0 Å². The van der Waals surface area contributed by atoms with Crippen LogP contribution >= 0.6 is 15.9 Å². The average molecular weight is 411 g/mol. The molecule has 6 heteroatoms. The Morgan fingerprint density at radius 2 is 2.12 bits per heavy atom. The number of rotatable bonds is 7. The number of amides is 2. The van der Waals surface area contributed by atoms with E-state index in [1.54, 1.807) is 0 Å². The molecule has 1 saturated carbocycles. The maximum absolute atomic E-state index is 12.1. The molecule has 0 heterocycles. The zero-order valence-corrected chi connectivity index (χ0v) is 16.5. The molecule has 2 unspecified atom stereocenters. The number of carbonyl (C=O) groups is 2. The molecular formula is C19H27BrN2O3. The Morgan fingerprint density at radius 1 is 1.32 bits per heavy atom. The highest BCUT2D eigenvalue weighted by atomic mass is 79.9. The van der Waals surface area contributed by atoms with Gasteiger partial charge in [0.2, 0.25) is 11.8 Å². The number of nitrogens with one attached hydrogen (secondary N) is 2. The first-order chi connectivity index (χ1) is 11.9. The maximum atomic E-state index is 12.1. The van der Waals surface area contributed by atoms with E-state index in [4.69, 9.17) is 4.74 Å². The molecule has 2 atom stereocenters. The van der Waals surface area contributed by atoms with Crippen molar-refractivity contribution in [3.05, 3.63) is 28.7 Å². The van der Waals surface area contributed by atoms with Crippen LogP contribution in [-0.2, 0) is 9.59 Å². The topological polar surface area (TPSA) is 67.4 Å². The highest BCUT2D eigenvalue weighted by Crippen LogP contribution is 2.25. The zero-order chi connectivity index (χ0) is 18.2. The lowest BCUT2D eigenvalue weighted by Gasteiger charge is -2.29. The molecule has 1 fully saturated rings. The Morgan fingerprint density at radius 3 is 2.84 bits per heavy atom. The molecule has 0 spiro atoms. The molecule has 25 heavy (non-hydrogen) atoms. The minimum Gasteiger partial charge on any atom is -0.493 e. The molecular weight excluding hydrogens is 384 g/mol. The van der Waals surface area contributed by atoms with E-state index in [0.29, 0.717) is 13.0 Å². The van der Waals surface area contributed by atoms with Crippen LogP contribution in [0, 0.1) is 5.92 Å². The Labute approximate surface area is 158 Å². The molecule has 1 aliphatic carbocycles. The number of hydrogen-bond donors (Lipinski definition) is 2. The van der Waals surface area contributed by atoms with Crippen molar-refractivity contribution in [2.75, 3.05) is 6.61 Å². The summed E-state index contributed by atoms with van der Waals surface area (Å²) in [5, 5.41) is 6.01. The summed E-state index contributed by atoms with van der Waals surface area (Å²) < 4.78 is 6.54. The molecule has 0 aromatic heterocycles. The Hall–Kier alpha value is -1.56. The number of benzene rings is 1. The van der Waals surface area contributed by atoms with Crippen molar-refractivity contribution in [2.45, 2.75) is 58.0 Å². The van der Waals surface area contributed by atoms with Gasteiger partial charge in [0, 0.05) is 22.5 Å². The minimum absolute atomic E-state index is 0.000584. The zero-order valence-electron chi connectivity index (χ0n) is 14.9. The van der Waals surface area contributed by atoms with Gasteiger partial charge < -0.3 is 15.4 Å². The largest absolute Gasteiger partial charge is 0.493 e. The third kappa shape index (κ3) is 7.06.